The predicted octanol–water partition coefficient (Wildman–Crippen LogP) is 2.26. The van der Waals surface area contributed by atoms with Crippen molar-refractivity contribution in [1.29, 1.82) is 0 Å². The Morgan fingerprint density at radius 2 is 2.07 bits per heavy atom. The predicted molar refractivity (Wildman–Crippen MR) is 101 cm³/mol. The van der Waals surface area contributed by atoms with Gasteiger partial charge < -0.3 is 15.4 Å². The molecule has 0 saturated carbocycles. The van der Waals surface area contributed by atoms with Gasteiger partial charge in [0, 0.05) is 12.6 Å². The van der Waals surface area contributed by atoms with E-state index in [4.69, 9.17) is 0 Å². The van der Waals surface area contributed by atoms with Crippen LogP contribution in [0.15, 0.2) is 24.3 Å². The van der Waals surface area contributed by atoms with Crippen LogP contribution < -0.4 is 5.32 Å². The molecule has 1 N–H and O–H groups in total. The molecule has 0 bridgehead atoms. The molecule has 27 heavy (non-hydrogen) atoms. The molecule has 2 saturated heterocycles. The van der Waals surface area contributed by atoms with Crippen LogP contribution in [0.1, 0.15) is 44.2 Å². The number of allylic oxidation sites excluding steroid dienone is 1. The van der Waals surface area contributed by atoms with Crippen molar-refractivity contribution in [2.75, 3.05) is 6.54 Å². The monoisotopic (exact) mass is 365 g/mol. The molecule has 0 radical (unpaired) electrons. The van der Waals surface area contributed by atoms with Gasteiger partial charge in [0.2, 0.25) is 17.3 Å². The van der Waals surface area contributed by atoms with Crippen molar-refractivity contribution in [1.82, 2.24) is 10.2 Å². The highest BCUT2D eigenvalue weighted by Gasteiger charge is 2.59. The fourth-order valence-electron chi connectivity index (χ4n) is 5.37. The van der Waals surface area contributed by atoms with Crippen molar-refractivity contribution in [2.45, 2.75) is 51.6 Å². The fraction of sp³-hybridized carbons (Fsp3) is 0.476. The summed E-state index contributed by atoms with van der Waals surface area (Å²) in [4.78, 5) is 27.9. The average Bonchev–Trinajstić information content (AvgIpc) is 3.17. The summed E-state index contributed by atoms with van der Waals surface area (Å²) in [5.74, 6) is -0.119. The van der Waals surface area contributed by atoms with E-state index in [1.54, 1.807) is 4.90 Å². The molecule has 3 heterocycles. The molecule has 1 aliphatic carbocycles. The number of nitrogens with zero attached hydrogens (tertiary/aromatic N) is 2. The smallest absolute Gasteiger partial charge is 0.253 e. The molecule has 140 valence electrons. The van der Waals surface area contributed by atoms with E-state index in [-0.39, 0.29) is 17.9 Å². The molecule has 1 aromatic carbocycles. The van der Waals surface area contributed by atoms with Crippen molar-refractivity contribution in [3.63, 3.8) is 0 Å². The van der Waals surface area contributed by atoms with Gasteiger partial charge in [-0.1, -0.05) is 6.07 Å². The zero-order valence-electron chi connectivity index (χ0n) is 15.8. The summed E-state index contributed by atoms with van der Waals surface area (Å²) in [5, 5.41) is 16.1. The van der Waals surface area contributed by atoms with Gasteiger partial charge in [0.25, 0.3) is 5.91 Å². The van der Waals surface area contributed by atoms with Crippen molar-refractivity contribution in [3.8, 4) is 0 Å². The van der Waals surface area contributed by atoms with Gasteiger partial charge in [0.1, 0.15) is 11.6 Å². The molecule has 5 rings (SSSR count). The summed E-state index contributed by atoms with van der Waals surface area (Å²) in [5.41, 5.74) is 2.31. The van der Waals surface area contributed by atoms with Gasteiger partial charge >= 0.3 is 0 Å². The lowest BCUT2D eigenvalue weighted by Gasteiger charge is -2.47. The van der Waals surface area contributed by atoms with E-state index in [0.717, 1.165) is 34.3 Å². The molecule has 2 atom stereocenters. The van der Waals surface area contributed by atoms with E-state index < -0.39 is 11.0 Å². The molecule has 4 aliphatic rings. The third kappa shape index (κ3) is 2.04. The molecule has 3 aliphatic heterocycles. The Kier molecular flexibility index (Phi) is 3.06. The first-order valence-electron chi connectivity index (χ1n) is 9.56. The van der Waals surface area contributed by atoms with E-state index in [2.05, 4.69) is 5.32 Å². The van der Waals surface area contributed by atoms with E-state index in [9.17, 15) is 14.8 Å². The minimum absolute atomic E-state index is 0.0396. The Bertz CT molecular complexity index is 975. The van der Waals surface area contributed by atoms with Crippen molar-refractivity contribution in [3.05, 3.63) is 40.6 Å². The Labute approximate surface area is 158 Å². The minimum atomic E-state index is -1.08. The van der Waals surface area contributed by atoms with Gasteiger partial charge in [-0.3, -0.25) is 9.59 Å². The highest BCUT2D eigenvalue weighted by molar-refractivity contribution is 6.29. The number of hydrogen-bond donors (Lipinski definition) is 1. The van der Waals surface area contributed by atoms with Crippen molar-refractivity contribution < 1.29 is 14.3 Å². The number of fused-ring (bicyclic) bond motifs is 4. The number of carbonyl (C=O) groups excluding carboxylic acids is 2. The Morgan fingerprint density at radius 1 is 1.30 bits per heavy atom. The third-order valence-electron chi connectivity index (χ3n) is 6.42. The van der Waals surface area contributed by atoms with Crippen LogP contribution in [-0.4, -0.2) is 45.3 Å². The van der Waals surface area contributed by atoms with Gasteiger partial charge in [-0.15, -0.1) is 0 Å². The van der Waals surface area contributed by atoms with Crippen LogP contribution in [0, 0.1) is 17.5 Å². The number of aryl methyl sites for hydroxylation is 1. The SMILES string of the molecule is Cc1ccc2c(c1)[N+]([O-])=C1C2=C[C@]2(CC1(C)C)NC(=O)[C@@H]1CCCN1C2=O. The summed E-state index contributed by atoms with van der Waals surface area (Å²) in [6.45, 7) is 6.55. The quantitative estimate of drug-likeness (QED) is 0.566. The number of nitrogens with one attached hydrogen (secondary N) is 1. The molecule has 0 aromatic heterocycles. The largest absolute Gasteiger partial charge is 0.618 e. The number of amides is 2. The second kappa shape index (κ2) is 5.00. The highest BCUT2D eigenvalue weighted by Crippen LogP contribution is 2.49. The lowest BCUT2D eigenvalue weighted by atomic mass is 9.66. The Hall–Kier alpha value is -2.63. The van der Waals surface area contributed by atoms with Crippen LogP contribution in [-0.2, 0) is 9.59 Å². The zero-order valence-corrected chi connectivity index (χ0v) is 15.8. The minimum Gasteiger partial charge on any atom is -0.618 e. The van der Waals surface area contributed by atoms with Gasteiger partial charge in [0.05, 0.1) is 16.6 Å². The zero-order chi connectivity index (χ0) is 19.1. The molecule has 2 fully saturated rings. The molecule has 1 spiro atoms. The van der Waals surface area contributed by atoms with Crippen LogP contribution in [0.3, 0.4) is 0 Å². The lowest BCUT2D eigenvalue weighted by Crippen LogP contribution is -2.70. The van der Waals surface area contributed by atoms with Crippen molar-refractivity contribution >= 4 is 28.8 Å². The number of benzene rings is 1. The summed E-state index contributed by atoms with van der Waals surface area (Å²) in [6, 6.07) is 5.46. The maximum atomic E-state index is 13.4. The van der Waals surface area contributed by atoms with E-state index in [1.165, 1.54) is 0 Å². The first kappa shape index (κ1) is 16.5. The molecule has 2 amide bonds. The maximum absolute atomic E-state index is 13.4. The maximum Gasteiger partial charge on any atom is 0.253 e. The van der Waals surface area contributed by atoms with Crippen LogP contribution in [0.4, 0.5) is 5.69 Å². The second-order valence-corrected chi connectivity index (χ2v) is 8.90. The number of carbonyl (C=O) groups is 2. The summed E-state index contributed by atoms with van der Waals surface area (Å²) < 4.78 is 1.01. The summed E-state index contributed by atoms with van der Waals surface area (Å²) in [6.07, 6.45) is 3.81. The van der Waals surface area contributed by atoms with Gasteiger partial charge in [-0.05, 0) is 57.7 Å². The number of hydrogen-bond acceptors (Lipinski definition) is 3. The average molecular weight is 365 g/mol. The standard InChI is InChI=1S/C21H23N3O3/c1-12-6-7-13-14-10-21(11-20(2,3)17(14)24(27)16(13)9-12)19(26)23-8-4-5-15(23)18(25)22-21/h6-7,9-10,15H,4-5,8,11H2,1-3H3,(H,22,25)/t15-,21+/m0/s1. The van der Waals surface area contributed by atoms with E-state index in [1.807, 2.05) is 45.0 Å². The molecular formula is C21H23N3O3. The molecule has 6 heteroatoms. The molecule has 1 aromatic rings. The topological polar surface area (TPSA) is 75.5 Å². The highest BCUT2D eigenvalue weighted by atomic mass is 16.5. The van der Waals surface area contributed by atoms with Crippen molar-refractivity contribution in [2.24, 2.45) is 5.41 Å². The molecular weight excluding hydrogens is 342 g/mol. The fourth-order valence-corrected chi connectivity index (χ4v) is 5.37. The first-order chi connectivity index (χ1) is 12.7. The molecule has 0 unspecified atom stereocenters. The van der Waals surface area contributed by atoms with Crippen LogP contribution in [0.25, 0.3) is 5.57 Å². The number of rotatable bonds is 0. The van der Waals surface area contributed by atoms with Crippen LogP contribution in [0.5, 0.6) is 0 Å². The summed E-state index contributed by atoms with van der Waals surface area (Å²) in [7, 11) is 0. The number of piperazine rings is 1. The van der Waals surface area contributed by atoms with E-state index in [0.29, 0.717) is 24.4 Å². The summed E-state index contributed by atoms with van der Waals surface area (Å²) >= 11 is 0. The molecule has 6 nitrogen and oxygen atoms in total. The van der Waals surface area contributed by atoms with Crippen LogP contribution >= 0.6 is 0 Å². The Morgan fingerprint density at radius 3 is 2.85 bits per heavy atom. The van der Waals surface area contributed by atoms with Gasteiger partial charge in [-0.25, -0.2) is 0 Å². The van der Waals surface area contributed by atoms with E-state index >= 15 is 0 Å². The van der Waals surface area contributed by atoms with Gasteiger partial charge in [-0.2, -0.15) is 4.74 Å². The van der Waals surface area contributed by atoms with Crippen LogP contribution in [0.2, 0.25) is 0 Å². The van der Waals surface area contributed by atoms with Gasteiger partial charge in [0.15, 0.2) is 0 Å². The first-order valence-corrected chi connectivity index (χ1v) is 9.56. The second-order valence-electron chi connectivity index (χ2n) is 8.90. The third-order valence-corrected chi connectivity index (χ3v) is 6.42. The Balaban J connectivity index is 1.72. The lowest BCUT2D eigenvalue weighted by molar-refractivity contribution is -0.361. The normalized spacial score (nSPS) is 30.9.